The van der Waals surface area contributed by atoms with Crippen molar-refractivity contribution in [1.82, 2.24) is 9.80 Å². The quantitative estimate of drug-likeness (QED) is 0.571. The number of aliphatic carboxylic acids is 2. The fourth-order valence-electron chi connectivity index (χ4n) is 4.66. The number of carboxylic acid groups (broad SMARTS) is 2. The Hall–Kier alpha value is -3.10. The summed E-state index contributed by atoms with van der Waals surface area (Å²) in [5.74, 6) is -2.02. The van der Waals surface area contributed by atoms with E-state index in [9.17, 15) is 0 Å². The Morgan fingerprint density at radius 2 is 1.51 bits per heavy atom. The minimum absolute atomic E-state index is 0.556. The van der Waals surface area contributed by atoms with E-state index in [2.05, 4.69) is 34.1 Å². The standard InChI is InChI=1S/C25H34N2O2.C2H2O4/c1-28-24-13-12-22(18-25(24)29-20-21-8-4-2-5-9-21)19-26-14-16-27(17-15-26)23-10-6-3-7-11-23;3-1(4)2(5)6/h2,4-5,8-9,12-13,18,23H,3,6-7,10-11,14-17,19-20H2,1H3;(H,3,4)(H,5,6). The van der Waals surface area contributed by atoms with Crippen LogP contribution in [0.1, 0.15) is 43.2 Å². The summed E-state index contributed by atoms with van der Waals surface area (Å²) in [6.07, 6.45) is 7.08. The lowest BCUT2D eigenvalue weighted by molar-refractivity contribution is -0.159. The lowest BCUT2D eigenvalue weighted by Crippen LogP contribution is -2.50. The van der Waals surface area contributed by atoms with Crippen molar-refractivity contribution in [2.75, 3.05) is 33.3 Å². The first-order valence-electron chi connectivity index (χ1n) is 12.2. The molecule has 0 unspecified atom stereocenters. The molecule has 1 aliphatic carbocycles. The van der Waals surface area contributed by atoms with Gasteiger partial charge in [0.25, 0.3) is 0 Å². The predicted octanol–water partition coefficient (Wildman–Crippen LogP) is 3.88. The molecule has 0 aromatic heterocycles. The number of methoxy groups -OCH3 is 1. The molecule has 8 heteroatoms. The first kappa shape index (κ1) is 26.5. The molecule has 2 aromatic rings. The average Bonchev–Trinajstić information content (AvgIpc) is 2.89. The van der Waals surface area contributed by atoms with Gasteiger partial charge in [-0.1, -0.05) is 55.7 Å². The Morgan fingerprint density at radius 3 is 2.11 bits per heavy atom. The molecule has 0 amide bonds. The van der Waals surface area contributed by atoms with Gasteiger partial charge in [-0.05, 0) is 36.1 Å². The molecular weight excluding hydrogens is 448 g/mol. The van der Waals surface area contributed by atoms with Crippen molar-refractivity contribution in [3.8, 4) is 11.5 Å². The second-order valence-electron chi connectivity index (χ2n) is 8.97. The number of hydrogen-bond acceptors (Lipinski definition) is 6. The highest BCUT2D eigenvalue weighted by atomic mass is 16.5. The molecule has 190 valence electrons. The van der Waals surface area contributed by atoms with Crippen LogP contribution in [0.2, 0.25) is 0 Å². The number of benzene rings is 2. The molecule has 8 nitrogen and oxygen atoms in total. The fraction of sp³-hybridized carbons (Fsp3) is 0.481. The number of nitrogens with zero attached hydrogens (tertiary/aromatic N) is 2. The van der Waals surface area contributed by atoms with Gasteiger partial charge in [0.05, 0.1) is 7.11 Å². The summed E-state index contributed by atoms with van der Waals surface area (Å²) in [5, 5.41) is 14.8. The number of rotatable bonds is 7. The van der Waals surface area contributed by atoms with Gasteiger partial charge in [0.15, 0.2) is 11.5 Å². The SMILES string of the molecule is COc1ccc(CN2CCN(C3CCCCC3)CC2)cc1OCc1ccccc1.O=C(O)C(=O)O. The third kappa shape index (κ3) is 8.56. The number of carbonyl (C=O) groups is 2. The lowest BCUT2D eigenvalue weighted by atomic mass is 9.94. The van der Waals surface area contributed by atoms with Crippen molar-refractivity contribution in [1.29, 1.82) is 0 Å². The fourth-order valence-corrected chi connectivity index (χ4v) is 4.66. The maximum atomic E-state index is 9.10. The van der Waals surface area contributed by atoms with Crippen LogP contribution in [-0.4, -0.2) is 71.3 Å². The molecule has 35 heavy (non-hydrogen) atoms. The molecular formula is C27H36N2O6. The largest absolute Gasteiger partial charge is 0.493 e. The molecule has 0 radical (unpaired) electrons. The Labute approximate surface area is 207 Å². The second-order valence-corrected chi connectivity index (χ2v) is 8.97. The third-order valence-corrected chi connectivity index (χ3v) is 6.55. The Balaban J connectivity index is 0.000000509. The third-order valence-electron chi connectivity index (χ3n) is 6.55. The minimum Gasteiger partial charge on any atom is -0.493 e. The monoisotopic (exact) mass is 484 g/mol. The van der Waals surface area contributed by atoms with E-state index in [4.69, 9.17) is 29.3 Å². The van der Waals surface area contributed by atoms with Crippen LogP contribution < -0.4 is 9.47 Å². The second kappa shape index (κ2) is 13.7. The van der Waals surface area contributed by atoms with E-state index >= 15 is 0 Å². The summed E-state index contributed by atoms with van der Waals surface area (Å²) in [7, 11) is 1.70. The van der Waals surface area contributed by atoms with Gasteiger partial charge in [-0.15, -0.1) is 0 Å². The van der Waals surface area contributed by atoms with Gasteiger partial charge in [0, 0.05) is 38.8 Å². The summed E-state index contributed by atoms with van der Waals surface area (Å²) in [6.45, 7) is 6.26. The highest BCUT2D eigenvalue weighted by Crippen LogP contribution is 2.30. The molecule has 4 rings (SSSR count). The van der Waals surface area contributed by atoms with Crippen LogP contribution in [-0.2, 0) is 22.7 Å². The van der Waals surface area contributed by atoms with Gasteiger partial charge in [0.2, 0.25) is 0 Å². The van der Waals surface area contributed by atoms with Crippen LogP contribution in [0.25, 0.3) is 0 Å². The molecule has 0 bridgehead atoms. The van der Waals surface area contributed by atoms with Crippen LogP contribution in [0.3, 0.4) is 0 Å². The maximum absolute atomic E-state index is 9.10. The van der Waals surface area contributed by atoms with Crippen molar-refractivity contribution >= 4 is 11.9 Å². The molecule has 0 atom stereocenters. The average molecular weight is 485 g/mol. The van der Waals surface area contributed by atoms with E-state index in [1.54, 1.807) is 7.11 Å². The number of hydrogen-bond donors (Lipinski definition) is 2. The summed E-state index contributed by atoms with van der Waals surface area (Å²) < 4.78 is 11.6. The van der Waals surface area contributed by atoms with Crippen molar-refractivity contribution in [3.05, 3.63) is 59.7 Å². The van der Waals surface area contributed by atoms with E-state index < -0.39 is 11.9 Å². The van der Waals surface area contributed by atoms with Gasteiger partial charge in [0.1, 0.15) is 6.61 Å². The van der Waals surface area contributed by atoms with E-state index in [1.807, 2.05) is 24.3 Å². The van der Waals surface area contributed by atoms with Crippen LogP contribution in [0, 0.1) is 0 Å². The van der Waals surface area contributed by atoms with E-state index in [-0.39, 0.29) is 0 Å². The van der Waals surface area contributed by atoms with Crippen LogP contribution in [0.15, 0.2) is 48.5 Å². The van der Waals surface area contributed by atoms with Gasteiger partial charge in [-0.2, -0.15) is 0 Å². The van der Waals surface area contributed by atoms with Crippen LogP contribution in [0.4, 0.5) is 0 Å². The Morgan fingerprint density at radius 1 is 0.857 bits per heavy atom. The molecule has 2 aliphatic rings. The Bertz CT molecular complexity index is 926. The van der Waals surface area contributed by atoms with Crippen LogP contribution in [0.5, 0.6) is 11.5 Å². The molecule has 2 fully saturated rings. The highest BCUT2D eigenvalue weighted by molar-refractivity contribution is 6.27. The minimum atomic E-state index is -1.82. The molecule has 1 saturated heterocycles. The topological polar surface area (TPSA) is 99.5 Å². The highest BCUT2D eigenvalue weighted by Gasteiger charge is 2.25. The van der Waals surface area contributed by atoms with Gasteiger partial charge in [-0.25, -0.2) is 9.59 Å². The summed E-state index contributed by atoms with van der Waals surface area (Å²) in [6, 6.07) is 17.5. The number of ether oxygens (including phenoxy) is 2. The van der Waals surface area contributed by atoms with Crippen molar-refractivity contribution in [2.24, 2.45) is 0 Å². The number of carboxylic acids is 2. The molecule has 0 spiro atoms. The normalized spacial score (nSPS) is 17.2. The molecule has 1 saturated carbocycles. The zero-order chi connectivity index (χ0) is 25.0. The van der Waals surface area contributed by atoms with E-state index in [1.165, 1.54) is 56.3 Å². The summed E-state index contributed by atoms with van der Waals surface area (Å²) >= 11 is 0. The molecule has 1 aliphatic heterocycles. The summed E-state index contributed by atoms with van der Waals surface area (Å²) in [5.41, 5.74) is 2.46. The summed E-state index contributed by atoms with van der Waals surface area (Å²) in [4.78, 5) is 23.5. The van der Waals surface area contributed by atoms with E-state index in [0.717, 1.165) is 37.2 Å². The van der Waals surface area contributed by atoms with Gasteiger partial charge < -0.3 is 19.7 Å². The van der Waals surface area contributed by atoms with Crippen LogP contribution >= 0.6 is 0 Å². The van der Waals surface area contributed by atoms with Gasteiger partial charge in [-0.3, -0.25) is 9.80 Å². The maximum Gasteiger partial charge on any atom is 0.414 e. The zero-order valence-electron chi connectivity index (χ0n) is 20.4. The van der Waals surface area contributed by atoms with Crippen molar-refractivity contribution in [2.45, 2.75) is 51.3 Å². The zero-order valence-corrected chi connectivity index (χ0v) is 20.4. The van der Waals surface area contributed by atoms with E-state index in [0.29, 0.717) is 6.61 Å². The smallest absolute Gasteiger partial charge is 0.414 e. The van der Waals surface area contributed by atoms with Crippen molar-refractivity contribution in [3.63, 3.8) is 0 Å². The Kier molecular flexibility index (Phi) is 10.4. The van der Waals surface area contributed by atoms with Gasteiger partial charge >= 0.3 is 11.9 Å². The predicted molar refractivity (Wildman–Crippen MR) is 133 cm³/mol. The molecule has 2 aromatic carbocycles. The van der Waals surface area contributed by atoms with Crippen molar-refractivity contribution < 1.29 is 29.3 Å². The molecule has 2 N–H and O–H groups in total. The lowest BCUT2D eigenvalue weighted by Gasteiger charge is -2.40. The first-order valence-corrected chi connectivity index (χ1v) is 12.2. The molecule has 1 heterocycles. The number of piperazine rings is 1. The first-order chi connectivity index (χ1) is 17.0.